The van der Waals surface area contributed by atoms with Gasteiger partial charge in [-0.05, 0) is 25.4 Å². The Balaban J connectivity index is 3.36. The molecule has 0 heterocycles. The Labute approximate surface area is 160 Å². The summed E-state index contributed by atoms with van der Waals surface area (Å²) in [5.74, 6) is 0.696. The second-order valence-corrected chi connectivity index (χ2v) is 11.5. The van der Waals surface area contributed by atoms with Crippen LogP contribution in [0.5, 0.6) is 0 Å². The average molecular weight is 373 g/mol. The van der Waals surface area contributed by atoms with Gasteiger partial charge in [-0.15, -0.1) is 0 Å². The van der Waals surface area contributed by atoms with Crippen LogP contribution in [0.4, 0.5) is 0 Å². The molecular weight excluding hydrogens is 324 g/mol. The molecule has 0 saturated heterocycles. The molecule has 2 nitrogen and oxygen atoms in total. The molecule has 0 bridgehead atoms. The maximum absolute atomic E-state index is 6.10. The molecule has 0 aliphatic rings. The topological polar surface area (TPSA) is 18.5 Å². The van der Waals surface area contributed by atoms with E-state index >= 15 is 0 Å². The summed E-state index contributed by atoms with van der Waals surface area (Å²) in [6.07, 6.45) is 19.1. The van der Waals surface area contributed by atoms with E-state index < -0.39 is 8.56 Å². The van der Waals surface area contributed by atoms with Crippen molar-refractivity contribution in [3.05, 3.63) is 0 Å². The fourth-order valence-corrected chi connectivity index (χ4v) is 4.50. The van der Waals surface area contributed by atoms with Crippen molar-refractivity contribution >= 4 is 8.56 Å². The van der Waals surface area contributed by atoms with Crippen LogP contribution >= 0.6 is 0 Å². The zero-order chi connectivity index (χ0) is 18.8. The Morgan fingerprint density at radius 3 is 1.48 bits per heavy atom. The Bertz CT molecular complexity index is 265. The van der Waals surface area contributed by atoms with Crippen LogP contribution < -0.4 is 0 Å². The maximum atomic E-state index is 6.10. The molecule has 0 saturated carbocycles. The van der Waals surface area contributed by atoms with E-state index in [-0.39, 0.29) is 0 Å². The van der Waals surface area contributed by atoms with Gasteiger partial charge in [0.2, 0.25) is 0 Å². The first-order valence-electron chi connectivity index (χ1n) is 11.3. The zero-order valence-electron chi connectivity index (χ0n) is 18.2. The molecule has 0 unspecified atom stereocenters. The highest BCUT2D eigenvalue weighted by atomic mass is 28.4. The van der Waals surface area contributed by atoms with Gasteiger partial charge < -0.3 is 8.85 Å². The first-order valence-corrected chi connectivity index (χ1v) is 14.1. The summed E-state index contributed by atoms with van der Waals surface area (Å²) in [4.78, 5) is 0. The minimum Gasteiger partial charge on any atom is -0.395 e. The van der Waals surface area contributed by atoms with Gasteiger partial charge in [-0.2, -0.15) is 0 Å². The molecule has 0 N–H and O–H groups in total. The molecule has 0 spiro atoms. The molecule has 0 aliphatic carbocycles. The lowest BCUT2D eigenvalue weighted by atomic mass is 10.1. The van der Waals surface area contributed by atoms with Crippen LogP contribution in [0.1, 0.15) is 111 Å². The highest BCUT2D eigenvalue weighted by molar-refractivity contribution is 6.64. The van der Waals surface area contributed by atoms with Crippen molar-refractivity contribution in [1.29, 1.82) is 0 Å². The van der Waals surface area contributed by atoms with Crippen molar-refractivity contribution in [2.75, 3.05) is 13.2 Å². The van der Waals surface area contributed by atoms with Gasteiger partial charge in [0.05, 0.1) is 0 Å². The largest absolute Gasteiger partial charge is 0.395 e. The summed E-state index contributed by atoms with van der Waals surface area (Å²) in [6, 6.07) is 0. The van der Waals surface area contributed by atoms with Gasteiger partial charge in [0.1, 0.15) is 0 Å². The molecule has 0 fully saturated rings. The SMILES string of the molecule is CCCCCCCCCCCCCCO[Si](C)(C)OCC(CC)CC. The van der Waals surface area contributed by atoms with Crippen molar-refractivity contribution in [3.63, 3.8) is 0 Å². The van der Waals surface area contributed by atoms with Gasteiger partial charge in [0.15, 0.2) is 0 Å². The molecular formula is C22H48O2Si. The number of hydrogen-bond donors (Lipinski definition) is 0. The number of unbranched alkanes of at least 4 members (excludes halogenated alkanes) is 11. The van der Waals surface area contributed by atoms with E-state index in [1.807, 2.05) is 0 Å². The lowest BCUT2D eigenvalue weighted by Gasteiger charge is -2.25. The highest BCUT2D eigenvalue weighted by Gasteiger charge is 2.25. The first-order chi connectivity index (χ1) is 12.1. The minimum absolute atomic E-state index is 0.696. The normalized spacial score (nSPS) is 12.2. The first kappa shape index (κ1) is 25.1. The molecule has 0 rings (SSSR count). The molecule has 0 radical (unpaired) electrons. The van der Waals surface area contributed by atoms with Crippen LogP contribution in [0.25, 0.3) is 0 Å². The summed E-state index contributed by atoms with van der Waals surface area (Å²) in [5.41, 5.74) is 0. The third kappa shape index (κ3) is 17.3. The van der Waals surface area contributed by atoms with E-state index in [0.29, 0.717) is 5.92 Å². The third-order valence-corrected chi connectivity index (χ3v) is 7.03. The summed E-state index contributed by atoms with van der Waals surface area (Å²) in [7, 11) is -1.90. The van der Waals surface area contributed by atoms with E-state index in [2.05, 4.69) is 33.9 Å². The van der Waals surface area contributed by atoms with Crippen LogP contribution in [0.15, 0.2) is 0 Å². The summed E-state index contributed by atoms with van der Waals surface area (Å²) in [6.45, 7) is 12.9. The smallest absolute Gasteiger partial charge is 0.331 e. The second-order valence-electron chi connectivity index (χ2n) is 8.13. The van der Waals surface area contributed by atoms with Gasteiger partial charge in [-0.3, -0.25) is 0 Å². The van der Waals surface area contributed by atoms with Crippen LogP contribution in [0.3, 0.4) is 0 Å². The fourth-order valence-electron chi connectivity index (χ4n) is 3.15. The van der Waals surface area contributed by atoms with Gasteiger partial charge in [0.25, 0.3) is 0 Å². The van der Waals surface area contributed by atoms with E-state index in [0.717, 1.165) is 13.2 Å². The zero-order valence-corrected chi connectivity index (χ0v) is 19.2. The van der Waals surface area contributed by atoms with Crippen LogP contribution in [-0.2, 0) is 8.85 Å². The predicted molar refractivity (Wildman–Crippen MR) is 115 cm³/mol. The lowest BCUT2D eigenvalue weighted by molar-refractivity contribution is 0.148. The van der Waals surface area contributed by atoms with Gasteiger partial charge in [-0.1, -0.05) is 104 Å². The van der Waals surface area contributed by atoms with Gasteiger partial charge in [-0.25, -0.2) is 0 Å². The molecule has 0 atom stereocenters. The van der Waals surface area contributed by atoms with Crippen molar-refractivity contribution in [2.24, 2.45) is 5.92 Å². The van der Waals surface area contributed by atoms with Crippen molar-refractivity contribution in [2.45, 2.75) is 124 Å². The maximum Gasteiger partial charge on any atom is 0.331 e. The second kappa shape index (κ2) is 17.5. The summed E-state index contributed by atoms with van der Waals surface area (Å²) in [5, 5.41) is 0. The molecule has 3 heteroatoms. The predicted octanol–water partition coefficient (Wildman–Crippen LogP) is 7.86. The van der Waals surface area contributed by atoms with Crippen molar-refractivity contribution < 1.29 is 8.85 Å². The standard InChI is InChI=1S/C22H48O2Si/c1-6-9-10-11-12-13-14-15-16-17-18-19-20-23-25(4,5)24-21-22(7-2)8-3/h22H,6-21H2,1-5H3. The van der Waals surface area contributed by atoms with Gasteiger partial charge in [0, 0.05) is 13.2 Å². The Hall–Kier alpha value is 0.137. The Morgan fingerprint density at radius 1 is 0.600 bits per heavy atom. The fraction of sp³-hybridized carbons (Fsp3) is 1.00. The molecule has 25 heavy (non-hydrogen) atoms. The molecule has 152 valence electrons. The van der Waals surface area contributed by atoms with Crippen LogP contribution in [0, 0.1) is 5.92 Å². The van der Waals surface area contributed by atoms with Gasteiger partial charge >= 0.3 is 8.56 Å². The van der Waals surface area contributed by atoms with E-state index in [9.17, 15) is 0 Å². The molecule has 0 aromatic rings. The van der Waals surface area contributed by atoms with E-state index in [1.54, 1.807) is 0 Å². The van der Waals surface area contributed by atoms with Crippen LogP contribution in [0.2, 0.25) is 13.1 Å². The number of hydrogen-bond acceptors (Lipinski definition) is 2. The van der Waals surface area contributed by atoms with E-state index in [1.165, 1.54) is 89.9 Å². The highest BCUT2D eigenvalue weighted by Crippen LogP contribution is 2.15. The molecule has 0 aromatic heterocycles. The summed E-state index contributed by atoms with van der Waals surface area (Å²) >= 11 is 0. The summed E-state index contributed by atoms with van der Waals surface area (Å²) < 4.78 is 12.2. The quantitative estimate of drug-likeness (QED) is 0.170. The van der Waals surface area contributed by atoms with Crippen LogP contribution in [-0.4, -0.2) is 21.8 Å². The molecule has 0 amide bonds. The van der Waals surface area contributed by atoms with Crippen molar-refractivity contribution in [3.8, 4) is 0 Å². The Morgan fingerprint density at radius 2 is 1.04 bits per heavy atom. The Kier molecular flexibility index (Phi) is 17.6. The lowest BCUT2D eigenvalue weighted by Crippen LogP contribution is -2.36. The van der Waals surface area contributed by atoms with E-state index in [4.69, 9.17) is 8.85 Å². The average Bonchev–Trinajstić information content (AvgIpc) is 2.60. The molecule has 0 aromatic carbocycles. The molecule has 0 aliphatic heterocycles. The monoisotopic (exact) mass is 372 g/mol. The minimum atomic E-state index is -1.90. The number of rotatable bonds is 19. The third-order valence-electron chi connectivity index (χ3n) is 5.27. The van der Waals surface area contributed by atoms with Crippen molar-refractivity contribution in [1.82, 2.24) is 0 Å².